The van der Waals surface area contributed by atoms with E-state index in [0.29, 0.717) is 44.6 Å². The second-order valence-corrected chi connectivity index (χ2v) is 10.7. The lowest BCUT2D eigenvalue weighted by Gasteiger charge is -2.31. The van der Waals surface area contributed by atoms with E-state index in [1.807, 2.05) is 0 Å². The number of halogens is 4. The minimum absolute atomic E-state index is 0.00241. The molecule has 2 aliphatic carbocycles. The van der Waals surface area contributed by atoms with Gasteiger partial charge in [-0.25, -0.2) is 18.6 Å². The van der Waals surface area contributed by atoms with Crippen LogP contribution in [0.2, 0.25) is 0 Å². The van der Waals surface area contributed by atoms with E-state index in [-0.39, 0.29) is 36.9 Å². The number of nitrogens with one attached hydrogen (secondary N) is 5. The van der Waals surface area contributed by atoms with E-state index < -0.39 is 36.1 Å². The molecule has 0 aromatic heterocycles. The quantitative estimate of drug-likeness (QED) is 0.258. The first-order valence-electron chi connectivity index (χ1n) is 12.1. The van der Waals surface area contributed by atoms with Crippen LogP contribution < -0.4 is 26.8 Å². The van der Waals surface area contributed by atoms with Crippen molar-refractivity contribution < 1.29 is 18.0 Å². The van der Waals surface area contributed by atoms with Crippen LogP contribution in [0.4, 0.5) is 13.2 Å². The summed E-state index contributed by atoms with van der Waals surface area (Å²) in [5.41, 5.74) is 6.33. The molecule has 1 saturated heterocycles. The molecule has 32 heavy (non-hydrogen) atoms. The van der Waals surface area contributed by atoms with E-state index in [2.05, 4.69) is 40.6 Å². The lowest BCUT2D eigenvalue weighted by molar-refractivity contribution is -0.127. The zero-order chi connectivity index (χ0) is 23.3. The number of hydrogen-bond acceptors (Lipinski definition) is 5. The summed E-state index contributed by atoms with van der Waals surface area (Å²) in [5, 5.41) is 9.13. The van der Waals surface area contributed by atoms with Crippen molar-refractivity contribution in [2.45, 2.75) is 108 Å². The number of amides is 1. The summed E-state index contributed by atoms with van der Waals surface area (Å²) in [5.74, 6) is -0.151. The van der Waals surface area contributed by atoms with Crippen molar-refractivity contribution in [3.8, 4) is 0 Å². The minimum Gasteiger partial charge on any atom is -0.328 e. The SMILES string of the molecule is CC(C)CCNC(NC(=O)C1CCC(Cl)C(F)C1)NC1CC(C2CC(F)CC(F)C2)NN1. The number of hydrazine groups is 1. The van der Waals surface area contributed by atoms with Crippen molar-refractivity contribution in [1.29, 1.82) is 0 Å². The highest BCUT2D eigenvalue weighted by atomic mass is 35.5. The van der Waals surface area contributed by atoms with Gasteiger partial charge >= 0.3 is 0 Å². The first-order chi connectivity index (χ1) is 15.2. The molecule has 1 heterocycles. The zero-order valence-electron chi connectivity index (χ0n) is 19.1. The van der Waals surface area contributed by atoms with Crippen molar-refractivity contribution in [2.24, 2.45) is 17.8 Å². The molecule has 0 radical (unpaired) electrons. The van der Waals surface area contributed by atoms with E-state index >= 15 is 0 Å². The molecule has 6 nitrogen and oxygen atoms in total. The van der Waals surface area contributed by atoms with Crippen molar-refractivity contribution in [3.63, 3.8) is 0 Å². The molecule has 3 aliphatic rings. The Balaban J connectivity index is 1.52. The third-order valence-electron chi connectivity index (χ3n) is 6.92. The zero-order valence-corrected chi connectivity index (χ0v) is 19.8. The molecule has 0 bridgehead atoms. The topological polar surface area (TPSA) is 77.2 Å². The second kappa shape index (κ2) is 12.2. The average Bonchev–Trinajstić information content (AvgIpc) is 3.17. The lowest BCUT2D eigenvalue weighted by atomic mass is 9.81. The van der Waals surface area contributed by atoms with Gasteiger partial charge in [0.25, 0.3) is 0 Å². The molecule has 8 unspecified atom stereocenters. The average molecular weight is 482 g/mol. The highest BCUT2D eigenvalue weighted by Gasteiger charge is 2.38. The fraction of sp³-hybridized carbons (Fsp3) is 0.955. The number of hydrogen-bond donors (Lipinski definition) is 5. The van der Waals surface area contributed by atoms with Gasteiger partial charge in [-0.05, 0) is 63.3 Å². The van der Waals surface area contributed by atoms with Gasteiger partial charge in [-0.1, -0.05) is 13.8 Å². The fourth-order valence-corrected chi connectivity index (χ4v) is 5.23. The van der Waals surface area contributed by atoms with Gasteiger partial charge in [0.15, 0.2) is 0 Å². The van der Waals surface area contributed by atoms with Crippen LogP contribution in [0.3, 0.4) is 0 Å². The van der Waals surface area contributed by atoms with Crippen molar-refractivity contribution in [1.82, 2.24) is 26.8 Å². The number of rotatable bonds is 9. The Hall–Kier alpha value is -0.610. The van der Waals surface area contributed by atoms with Crippen LogP contribution in [0, 0.1) is 17.8 Å². The van der Waals surface area contributed by atoms with E-state index in [1.165, 1.54) is 0 Å². The van der Waals surface area contributed by atoms with Crippen LogP contribution in [0.5, 0.6) is 0 Å². The highest BCUT2D eigenvalue weighted by molar-refractivity contribution is 6.21. The molecular weight excluding hydrogens is 443 g/mol. The van der Waals surface area contributed by atoms with Gasteiger partial charge in [0.05, 0.1) is 11.5 Å². The number of carbonyl (C=O) groups is 1. The van der Waals surface area contributed by atoms with Gasteiger partial charge in [-0.2, -0.15) is 0 Å². The third-order valence-corrected chi connectivity index (χ3v) is 7.41. The van der Waals surface area contributed by atoms with Gasteiger partial charge < -0.3 is 5.32 Å². The Labute approximate surface area is 194 Å². The van der Waals surface area contributed by atoms with Gasteiger partial charge in [-0.15, -0.1) is 11.6 Å². The maximum Gasteiger partial charge on any atom is 0.225 e. The summed E-state index contributed by atoms with van der Waals surface area (Å²) in [6, 6.07) is -0.0392. The van der Waals surface area contributed by atoms with Crippen LogP contribution >= 0.6 is 11.6 Å². The first-order valence-corrected chi connectivity index (χ1v) is 12.5. The minimum atomic E-state index is -1.17. The maximum absolute atomic E-state index is 14.0. The molecule has 1 aliphatic heterocycles. The molecule has 8 atom stereocenters. The summed E-state index contributed by atoms with van der Waals surface area (Å²) in [6.45, 7) is 4.96. The summed E-state index contributed by atoms with van der Waals surface area (Å²) in [4.78, 5) is 12.8. The van der Waals surface area contributed by atoms with Gasteiger partial charge in [0.1, 0.15) is 24.8 Å². The molecule has 10 heteroatoms. The summed E-state index contributed by atoms with van der Waals surface area (Å²) >= 11 is 5.96. The molecule has 0 aromatic carbocycles. The first kappa shape index (κ1) is 26.0. The van der Waals surface area contributed by atoms with Crippen LogP contribution in [-0.4, -0.2) is 54.8 Å². The smallest absolute Gasteiger partial charge is 0.225 e. The second-order valence-electron chi connectivity index (χ2n) is 10.1. The van der Waals surface area contributed by atoms with Gasteiger partial charge in [-0.3, -0.25) is 20.9 Å². The highest BCUT2D eigenvalue weighted by Crippen LogP contribution is 2.33. The molecular formula is C22H39ClF3N5O. The summed E-state index contributed by atoms with van der Waals surface area (Å²) in [7, 11) is 0. The molecule has 2 saturated carbocycles. The van der Waals surface area contributed by atoms with Crippen molar-refractivity contribution in [2.75, 3.05) is 6.54 Å². The Morgan fingerprint density at radius 3 is 2.41 bits per heavy atom. The van der Waals surface area contributed by atoms with Crippen LogP contribution in [0.15, 0.2) is 0 Å². The predicted octanol–water partition coefficient (Wildman–Crippen LogP) is 3.03. The molecule has 0 spiro atoms. The summed E-state index contributed by atoms with van der Waals surface area (Å²) < 4.78 is 41.7. The lowest BCUT2D eigenvalue weighted by Crippen LogP contribution is -2.61. The molecule has 0 aromatic rings. The standard InChI is InChI=1S/C22H39ClF3N5O/c1-12(2)5-6-27-22(29-21(32)13-3-4-17(23)18(26)9-13)28-20-11-19(30-31-20)14-7-15(24)10-16(25)8-14/h12-20,22,27-28,30-31H,3-11H2,1-2H3,(H,29,32). The molecule has 1 amide bonds. The Morgan fingerprint density at radius 1 is 1.03 bits per heavy atom. The molecule has 186 valence electrons. The molecule has 5 N–H and O–H groups in total. The van der Waals surface area contributed by atoms with E-state index in [1.54, 1.807) is 0 Å². The Morgan fingerprint density at radius 2 is 1.75 bits per heavy atom. The van der Waals surface area contributed by atoms with Crippen molar-refractivity contribution >= 4 is 17.5 Å². The van der Waals surface area contributed by atoms with Gasteiger partial charge in [0, 0.05) is 18.4 Å². The van der Waals surface area contributed by atoms with E-state index in [4.69, 9.17) is 11.6 Å². The third kappa shape index (κ3) is 7.72. The summed E-state index contributed by atoms with van der Waals surface area (Å²) in [6.07, 6.45) is -0.517. The van der Waals surface area contributed by atoms with Gasteiger partial charge in [0.2, 0.25) is 5.91 Å². The molecule has 3 rings (SSSR count). The normalized spacial score (nSPS) is 39.2. The largest absolute Gasteiger partial charge is 0.328 e. The Kier molecular flexibility index (Phi) is 9.91. The Bertz CT molecular complexity index is 594. The number of alkyl halides is 4. The predicted molar refractivity (Wildman–Crippen MR) is 120 cm³/mol. The van der Waals surface area contributed by atoms with E-state index in [9.17, 15) is 18.0 Å². The van der Waals surface area contributed by atoms with Crippen molar-refractivity contribution in [3.05, 3.63) is 0 Å². The van der Waals surface area contributed by atoms with Crippen LogP contribution in [-0.2, 0) is 4.79 Å². The number of carbonyl (C=O) groups excluding carboxylic acids is 1. The van der Waals surface area contributed by atoms with E-state index in [0.717, 1.165) is 6.42 Å². The maximum atomic E-state index is 14.0. The monoisotopic (exact) mass is 481 g/mol. The van der Waals surface area contributed by atoms with Crippen LogP contribution in [0.1, 0.15) is 65.2 Å². The fourth-order valence-electron chi connectivity index (χ4n) is 5.00. The molecule has 3 fully saturated rings. The van der Waals surface area contributed by atoms with Crippen LogP contribution in [0.25, 0.3) is 0 Å².